The fourth-order valence-corrected chi connectivity index (χ4v) is 3.36. The Labute approximate surface area is 157 Å². The number of azo groups is 1. The van der Waals surface area contributed by atoms with Crippen LogP contribution in [0, 0.1) is 6.92 Å². The molecule has 8 heteroatoms. The number of rotatable bonds is 5. The Balaban J connectivity index is 1.73. The van der Waals surface area contributed by atoms with E-state index in [-0.39, 0.29) is 4.90 Å². The predicted octanol–water partition coefficient (Wildman–Crippen LogP) is 4.38. The molecule has 3 aromatic carbocycles. The zero-order valence-corrected chi connectivity index (χ0v) is 15.4. The molecule has 5 N–H and O–H groups in total. The standard InChI is InChI=1S/C19H19N5O2S/c1-13-2-9-17(10-3-13)27(25,26)24-16-7-5-15(6-8-16)22-23-19-11-4-14(20)12-18(19)21/h2-12,24H,20-21H2,1H3. The van der Waals surface area contributed by atoms with E-state index >= 15 is 0 Å². The lowest BCUT2D eigenvalue weighted by atomic mass is 10.2. The topological polar surface area (TPSA) is 123 Å². The molecule has 0 atom stereocenters. The molecular weight excluding hydrogens is 362 g/mol. The van der Waals surface area contributed by atoms with Gasteiger partial charge in [-0.1, -0.05) is 17.7 Å². The molecule has 138 valence electrons. The van der Waals surface area contributed by atoms with Gasteiger partial charge in [-0.25, -0.2) is 8.42 Å². The van der Waals surface area contributed by atoms with Gasteiger partial charge in [0.2, 0.25) is 0 Å². The minimum absolute atomic E-state index is 0.204. The van der Waals surface area contributed by atoms with Gasteiger partial charge >= 0.3 is 0 Å². The van der Waals surface area contributed by atoms with E-state index in [1.54, 1.807) is 66.7 Å². The van der Waals surface area contributed by atoms with Gasteiger partial charge in [-0.15, -0.1) is 5.11 Å². The summed E-state index contributed by atoms with van der Waals surface area (Å²) in [6.07, 6.45) is 0. The lowest BCUT2D eigenvalue weighted by Crippen LogP contribution is -2.12. The zero-order chi connectivity index (χ0) is 19.4. The van der Waals surface area contributed by atoms with Gasteiger partial charge in [-0.3, -0.25) is 4.72 Å². The number of sulfonamides is 1. The van der Waals surface area contributed by atoms with E-state index in [1.165, 1.54) is 0 Å². The molecule has 0 aromatic heterocycles. The van der Waals surface area contributed by atoms with Crippen LogP contribution >= 0.6 is 0 Å². The van der Waals surface area contributed by atoms with Crippen LogP contribution in [0.2, 0.25) is 0 Å². The highest BCUT2D eigenvalue weighted by atomic mass is 32.2. The molecule has 3 aromatic rings. The summed E-state index contributed by atoms with van der Waals surface area (Å²) in [5.74, 6) is 0. The van der Waals surface area contributed by atoms with E-state index in [2.05, 4.69) is 15.0 Å². The molecule has 0 heterocycles. The van der Waals surface area contributed by atoms with E-state index in [1.807, 2.05) is 6.92 Å². The molecule has 3 rings (SSSR count). The number of hydrogen-bond donors (Lipinski definition) is 3. The Hall–Kier alpha value is -3.39. The van der Waals surface area contributed by atoms with Crippen LogP contribution in [-0.4, -0.2) is 8.42 Å². The van der Waals surface area contributed by atoms with Crippen molar-refractivity contribution in [1.29, 1.82) is 0 Å². The Morgan fingerprint density at radius 2 is 1.52 bits per heavy atom. The molecule has 27 heavy (non-hydrogen) atoms. The van der Waals surface area contributed by atoms with Gasteiger partial charge in [0.05, 0.1) is 16.3 Å². The number of nitrogen functional groups attached to an aromatic ring is 2. The first-order valence-electron chi connectivity index (χ1n) is 8.10. The number of hydrogen-bond acceptors (Lipinski definition) is 6. The molecular formula is C19H19N5O2S. The Morgan fingerprint density at radius 1 is 0.852 bits per heavy atom. The van der Waals surface area contributed by atoms with Crippen molar-refractivity contribution < 1.29 is 8.42 Å². The van der Waals surface area contributed by atoms with Crippen molar-refractivity contribution in [2.75, 3.05) is 16.2 Å². The van der Waals surface area contributed by atoms with Crippen LogP contribution in [0.3, 0.4) is 0 Å². The third-order valence-corrected chi connectivity index (χ3v) is 5.17. The van der Waals surface area contributed by atoms with Gasteiger partial charge < -0.3 is 11.5 Å². The van der Waals surface area contributed by atoms with Crippen LogP contribution in [0.1, 0.15) is 5.56 Å². The lowest BCUT2D eigenvalue weighted by molar-refractivity contribution is 0.601. The minimum atomic E-state index is -3.64. The van der Waals surface area contributed by atoms with E-state index in [0.717, 1.165) is 5.56 Å². The van der Waals surface area contributed by atoms with Crippen LogP contribution in [0.4, 0.5) is 28.4 Å². The fourth-order valence-electron chi connectivity index (χ4n) is 2.30. The predicted molar refractivity (Wildman–Crippen MR) is 108 cm³/mol. The van der Waals surface area contributed by atoms with Crippen LogP contribution < -0.4 is 16.2 Å². The molecule has 0 bridgehead atoms. The SMILES string of the molecule is Cc1ccc(S(=O)(=O)Nc2ccc(N=Nc3ccc(N)cc3N)cc2)cc1. The number of benzene rings is 3. The average molecular weight is 381 g/mol. The van der Waals surface area contributed by atoms with E-state index < -0.39 is 10.0 Å². The highest BCUT2D eigenvalue weighted by Crippen LogP contribution is 2.27. The summed E-state index contributed by atoms with van der Waals surface area (Å²) in [4.78, 5) is 0.204. The van der Waals surface area contributed by atoms with Crippen molar-refractivity contribution in [3.63, 3.8) is 0 Å². The van der Waals surface area contributed by atoms with Crippen LogP contribution in [-0.2, 0) is 10.0 Å². The van der Waals surface area contributed by atoms with Gasteiger partial charge in [0, 0.05) is 11.4 Å². The van der Waals surface area contributed by atoms with Crippen LogP contribution in [0.5, 0.6) is 0 Å². The van der Waals surface area contributed by atoms with Crippen molar-refractivity contribution >= 4 is 38.5 Å². The second-order valence-corrected chi connectivity index (χ2v) is 7.67. The van der Waals surface area contributed by atoms with Crippen LogP contribution in [0.25, 0.3) is 0 Å². The normalized spacial score (nSPS) is 11.6. The molecule has 0 aliphatic rings. The monoisotopic (exact) mass is 381 g/mol. The molecule has 0 aliphatic heterocycles. The Kier molecular flexibility index (Phi) is 5.09. The smallest absolute Gasteiger partial charge is 0.261 e. The molecule has 0 unspecified atom stereocenters. The quantitative estimate of drug-likeness (QED) is 0.448. The summed E-state index contributed by atoms with van der Waals surface area (Å²) in [5, 5.41) is 8.18. The maximum atomic E-state index is 12.4. The van der Waals surface area contributed by atoms with Crippen molar-refractivity contribution in [1.82, 2.24) is 0 Å². The molecule has 0 fully saturated rings. The van der Waals surface area contributed by atoms with Crippen LogP contribution in [0.15, 0.2) is 81.9 Å². The zero-order valence-electron chi connectivity index (χ0n) is 14.6. The summed E-state index contributed by atoms with van der Waals surface area (Å²) >= 11 is 0. The van der Waals surface area contributed by atoms with E-state index in [0.29, 0.717) is 28.4 Å². The second-order valence-electron chi connectivity index (χ2n) is 5.98. The fraction of sp³-hybridized carbons (Fsp3) is 0.0526. The van der Waals surface area contributed by atoms with Crippen molar-refractivity contribution in [2.45, 2.75) is 11.8 Å². The first kappa shape index (κ1) is 18.4. The molecule has 7 nitrogen and oxygen atoms in total. The minimum Gasteiger partial charge on any atom is -0.399 e. The van der Waals surface area contributed by atoms with Crippen molar-refractivity contribution in [3.8, 4) is 0 Å². The van der Waals surface area contributed by atoms with Gasteiger partial charge in [-0.05, 0) is 61.5 Å². The second kappa shape index (κ2) is 7.46. The summed E-state index contributed by atoms with van der Waals surface area (Å²) in [6.45, 7) is 1.90. The highest BCUT2D eigenvalue weighted by molar-refractivity contribution is 7.92. The van der Waals surface area contributed by atoms with E-state index in [4.69, 9.17) is 11.5 Å². The van der Waals surface area contributed by atoms with Gasteiger partial charge in [-0.2, -0.15) is 5.11 Å². The first-order chi connectivity index (χ1) is 12.8. The molecule has 0 amide bonds. The Morgan fingerprint density at radius 3 is 2.15 bits per heavy atom. The largest absolute Gasteiger partial charge is 0.399 e. The lowest BCUT2D eigenvalue weighted by Gasteiger charge is -2.08. The number of anilines is 3. The van der Waals surface area contributed by atoms with Crippen molar-refractivity contribution in [2.24, 2.45) is 10.2 Å². The molecule has 0 aliphatic carbocycles. The molecule has 0 radical (unpaired) electrons. The van der Waals surface area contributed by atoms with Gasteiger partial charge in [0.25, 0.3) is 10.0 Å². The van der Waals surface area contributed by atoms with Gasteiger partial charge in [0.1, 0.15) is 5.69 Å². The average Bonchev–Trinajstić information content (AvgIpc) is 2.62. The maximum Gasteiger partial charge on any atom is 0.261 e. The van der Waals surface area contributed by atoms with E-state index in [9.17, 15) is 8.42 Å². The van der Waals surface area contributed by atoms with Crippen molar-refractivity contribution in [3.05, 3.63) is 72.3 Å². The highest BCUT2D eigenvalue weighted by Gasteiger charge is 2.13. The van der Waals surface area contributed by atoms with Gasteiger partial charge in [0.15, 0.2) is 0 Å². The third-order valence-electron chi connectivity index (χ3n) is 3.78. The number of nitrogens with one attached hydrogen (secondary N) is 1. The summed E-state index contributed by atoms with van der Waals surface area (Å²) in [7, 11) is -3.64. The third kappa shape index (κ3) is 4.62. The maximum absolute atomic E-state index is 12.4. The summed E-state index contributed by atoms with van der Waals surface area (Å²) in [6, 6.07) is 18.2. The summed E-state index contributed by atoms with van der Waals surface area (Å²) < 4.78 is 27.3. The molecule has 0 saturated carbocycles. The number of nitrogens with zero attached hydrogens (tertiary/aromatic N) is 2. The number of nitrogens with two attached hydrogens (primary N) is 2. The summed E-state index contributed by atoms with van der Waals surface area (Å²) in [5.41, 5.74) is 15.0. The number of aryl methyl sites for hydroxylation is 1. The Bertz CT molecular complexity index is 1080. The first-order valence-corrected chi connectivity index (χ1v) is 9.58. The molecule has 0 spiro atoms. The molecule has 0 saturated heterocycles.